The third-order valence-corrected chi connectivity index (χ3v) is 3.80. The summed E-state index contributed by atoms with van der Waals surface area (Å²) in [4.78, 5) is 23.8. The lowest BCUT2D eigenvalue weighted by molar-refractivity contribution is -0.0226. The minimum absolute atomic E-state index is 0.0546. The van der Waals surface area contributed by atoms with Gasteiger partial charge in [-0.2, -0.15) is 0 Å². The number of allylic oxidation sites excluding steroid dienone is 1. The average molecular weight is 346 g/mol. The van der Waals surface area contributed by atoms with Crippen molar-refractivity contribution in [3.8, 4) is 34.1 Å². The summed E-state index contributed by atoms with van der Waals surface area (Å²) in [7, 11) is 1.18. The van der Waals surface area contributed by atoms with E-state index in [0.29, 0.717) is 6.29 Å². The first-order valence-corrected chi connectivity index (χ1v) is 7.21. The highest BCUT2D eigenvalue weighted by molar-refractivity contribution is 5.94. The van der Waals surface area contributed by atoms with Gasteiger partial charge in [-0.3, -0.25) is 4.79 Å². The highest BCUT2D eigenvalue weighted by Crippen LogP contribution is 2.53. The highest BCUT2D eigenvalue weighted by atomic mass is 16.6. The van der Waals surface area contributed by atoms with Crippen molar-refractivity contribution in [1.82, 2.24) is 0 Å². The van der Waals surface area contributed by atoms with Crippen LogP contribution in [0.15, 0.2) is 21.4 Å². The summed E-state index contributed by atoms with van der Waals surface area (Å²) in [6.45, 7) is 1.72. The van der Waals surface area contributed by atoms with Gasteiger partial charge in [0.25, 0.3) is 0 Å². The Balaban J connectivity index is 2.45. The summed E-state index contributed by atoms with van der Waals surface area (Å²) in [5, 5.41) is 30.7. The number of aldehydes is 1. The van der Waals surface area contributed by atoms with Crippen molar-refractivity contribution in [3.05, 3.63) is 39.4 Å². The van der Waals surface area contributed by atoms with Gasteiger partial charge < -0.3 is 29.2 Å². The van der Waals surface area contributed by atoms with Crippen molar-refractivity contribution in [3.63, 3.8) is 0 Å². The summed E-state index contributed by atoms with van der Waals surface area (Å²) >= 11 is 0. The van der Waals surface area contributed by atoms with Crippen molar-refractivity contribution < 1.29 is 34.0 Å². The van der Waals surface area contributed by atoms with Crippen LogP contribution < -0.4 is 15.1 Å². The Bertz CT molecular complexity index is 954. The van der Waals surface area contributed by atoms with Crippen molar-refractivity contribution in [2.45, 2.75) is 13.2 Å². The quantitative estimate of drug-likeness (QED) is 0.568. The van der Waals surface area contributed by atoms with Crippen LogP contribution in [0.4, 0.5) is 0 Å². The Morgan fingerprint density at radius 1 is 1.24 bits per heavy atom. The molecule has 2 heterocycles. The second-order valence-electron chi connectivity index (χ2n) is 5.20. The van der Waals surface area contributed by atoms with E-state index in [2.05, 4.69) is 0 Å². The molecule has 0 saturated carbocycles. The fourth-order valence-electron chi connectivity index (χ4n) is 2.80. The van der Waals surface area contributed by atoms with E-state index in [9.17, 15) is 24.9 Å². The molecule has 1 aromatic heterocycles. The van der Waals surface area contributed by atoms with Crippen molar-refractivity contribution in [2.24, 2.45) is 0 Å². The molecule has 1 aliphatic heterocycles. The van der Waals surface area contributed by atoms with Crippen LogP contribution in [0.2, 0.25) is 0 Å². The molecule has 0 fully saturated rings. The van der Waals surface area contributed by atoms with E-state index in [-0.39, 0.29) is 39.5 Å². The van der Waals surface area contributed by atoms with E-state index in [1.54, 1.807) is 13.0 Å². The number of rotatable bonds is 3. The lowest BCUT2D eigenvalue weighted by Crippen LogP contribution is -2.21. The van der Waals surface area contributed by atoms with Gasteiger partial charge in [0.05, 0.1) is 12.7 Å². The van der Waals surface area contributed by atoms with Crippen LogP contribution in [-0.2, 0) is 0 Å². The molecule has 1 aliphatic rings. The summed E-state index contributed by atoms with van der Waals surface area (Å²) in [6, 6.07) is 1.35. The molecule has 0 aliphatic carbocycles. The van der Waals surface area contributed by atoms with E-state index in [0.717, 1.165) is 0 Å². The minimum Gasteiger partial charge on any atom is -0.504 e. The summed E-state index contributed by atoms with van der Waals surface area (Å²) in [5.41, 5.74) is -1.76. The molecule has 3 N–H and O–H groups in total. The minimum atomic E-state index is -1.66. The molecule has 1 atom stereocenters. The molecule has 0 radical (unpaired) electrons. The van der Waals surface area contributed by atoms with Crippen LogP contribution in [0.25, 0.3) is 17.2 Å². The number of carbonyl (C=O) groups is 1. The molecule has 0 spiro atoms. The van der Waals surface area contributed by atoms with Crippen LogP contribution in [0, 0.1) is 0 Å². The number of phenolic OH excluding ortho intramolecular Hbond substituents is 2. The number of methoxy groups -OCH3 is 1. The molecule has 25 heavy (non-hydrogen) atoms. The third-order valence-electron chi connectivity index (χ3n) is 3.80. The summed E-state index contributed by atoms with van der Waals surface area (Å²) in [5.74, 6) is -1.68. The maximum atomic E-state index is 12.4. The van der Waals surface area contributed by atoms with Crippen LogP contribution in [0.5, 0.6) is 23.0 Å². The van der Waals surface area contributed by atoms with Gasteiger partial charge in [-0.1, -0.05) is 6.08 Å². The van der Waals surface area contributed by atoms with Gasteiger partial charge in [-0.05, 0) is 13.0 Å². The number of phenols is 2. The SMILES string of the molecule is C/C=C\c1cc2c(c(=O)o1)-c1c(O)c(O)c(OC)c(C=O)c1C(O)O2. The number of aliphatic hydroxyl groups is 1. The maximum absolute atomic E-state index is 12.4. The van der Waals surface area contributed by atoms with E-state index < -0.39 is 23.4 Å². The van der Waals surface area contributed by atoms with Crippen LogP contribution in [0.3, 0.4) is 0 Å². The lowest BCUT2D eigenvalue weighted by atomic mass is 9.91. The average Bonchev–Trinajstić information content (AvgIpc) is 2.57. The van der Waals surface area contributed by atoms with Gasteiger partial charge in [0.1, 0.15) is 17.1 Å². The van der Waals surface area contributed by atoms with Gasteiger partial charge in [-0.15, -0.1) is 0 Å². The molecule has 2 aromatic rings. The lowest BCUT2D eigenvalue weighted by Gasteiger charge is -2.27. The van der Waals surface area contributed by atoms with Gasteiger partial charge >= 0.3 is 5.63 Å². The molecule has 0 saturated heterocycles. The predicted molar refractivity (Wildman–Crippen MR) is 86.0 cm³/mol. The Labute approximate surface area is 141 Å². The van der Waals surface area contributed by atoms with Gasteiger partial charge in [-0.25, -0.2) is 4.79 Å². The summed E-state index contributed by atoms with van der Waals surface area (Å²) in [6.07, 6.45) is 1.80. The van der Waals surface area contributed by atoms with Crippen molar-refractivity contribution >= 4 is 12.4 Å². The fourth-order valence-corrected chi connectivity index (χ4v) is 2.80. The standard InChI is InChI=1S/C17H14O8/c1-3-4-7-5-9-11(17(22)24-7)12-10(16(21)25-9)8(6-18)15(23-2)14(20)13(12)19/h3-6,16,19-21H,1-2H3/b4-3-. The largest absolute Gasteiger partial charge is 0.504 e. The molecular weight excluding hydrogens is 332 g/mol. The molecule has 0 bridgehead atoms. The first kappa shape index (κ1) is 16.6. The molecule has 1 unspecified atom stereocenters. The van der Waals surface area contributed by atoms with Gasteiger partial charge in [0, 0.05) is 17.2 Å². The fraction of sp³-hybridized carbons (Fsp3) is 0.176. The number of hydrogen-bond donors (Lipinski definition) is 3. The molecule has 1 aromatic carbocycles. The predicted octanol–water partition coefficient (Wildman–Crippen LogP) is 1.96. The number of benzene rings is 1. The van der Waals surface area contributed by atoms with E-state index in [1.165, 1.54) is 19.3 Å². The van der Waals surface area contributed by atoms with E-state index >= 15 is 0 Å². The molecule has 3 rings (SSSR count). The number of carbonyl (C=O) groups excluding carboxylic acids is 1. The number of ether oxygens (including phenoxy) is 2. The Morgan fingerprint density at radius 3 is 2.56 bits per heavy atom. The van der Waals surface area contributed by atoms with Crippen LogP contribution in [-0.4, -0.2) is 28.7 Å². The maximum Gasteiger partial charge on any atom is 0.348 e. The zero-order chi connectivity index (χ0) is 18.3. The zero-order valence-electron chi connectivity index (χ0n) is 13.3. The van der Waals surface area contributed by atoms with E-state index in [4.69, 9.17) is 13.9 Å². The normalized spacial score (nSPS) is 15.4. The van der Waals surface area contributed by atoms with Gasteiger partial charge in [0.15, 0.2) is 17.8 Å². The van der Waals surface area contributed by atoms with Crippen LogP contribution in [0.1, 0.15) is 34.9 Å². The first-order valence-electron chi connectivity index (χ1n) is 7.21. The first-order chi connectivity index (χ1) is 11.9. The Kier molecular flexibility index (Phi) is 3.97. The molecule has 130 valence electrons. The summed E-state index contributed by atoms with van der Waals surface area (Å²) < 4.78 is 15.3. The second kappa shape index (κ2) is 5.99. The monoisotopic (exact) mass is 346 g/mol. The second-order valence-corrected chi connectivity index (χ2v) is 5.20. The number of hydrogen-bond acceptors (Lipinski definition) is 8. The smallest absolute Gasteiger partial charge is 0.348 e. The van der Waals surface area contributed by atoms with Crippen molar-refractivity contribution in [2.75, 3.05) is 7.11 Å². The molecule has 8 nitrogen and oxygen atoms in total. The third kappa shape index (κ3) is 2.34. The van der Waals surface area contributed by atoms with E-state index in [1.807, 2.05) is 0 Å². The number of fused-ring (bicyclic) bond motifs is 3. The zero-order valence-corrected chi connectivity index (χ0v) is 13.3. The number of aliphatic hydroxyl groups excluding tert-OH is 1. The highest BCUT2D eigenvalue weighted by Gasteiger charge is 2.37. The molecule has 8 heteroatoms. The molecule has 0 amide bonds. The van der Waals surface area contributed by atoms with Gasteiger partial charge in [0.2, 0.25) is 12.0 Å². The van der Waals surface area contributed by atoms with Crippen molar-refractivity contribution in [1.29, 1.82) is 0 Å². The number of aromatic hydroxyl groups is 2. The Morgan fingerprint density at radius 2 is 1.96 bits per heavy atom. The molecular formula is C17H14O8. The topological polar surface area (TPSA) is 126 Å². The van der Waals surface area contributed by atoms with Crippen LogP contribution >= 0.6 is 0 Å². The Hall–Kier alpha value is -3.26.